The summed E-state index contributed by atoms with van der Waals surface area (Å²) >= 11 is 0. The smallest absolute Gasteiger partial charge is 0.175 e. The summed E-state index contributed by atoms with van der Waals surface area (Å²) in [5.41, 5.74) is 19.4. The molecule has 1 aliphatic carbocycles. The molecule has 6 aromatic heterocycles. The Morgan fingerprint density at radius 2 is 0.483 bits per heavy atom. The van der Waals surface area contributed by atoms with Crippen molar-refractivity contribution in [2.75, 3.05) is 0 Å². The molecule has 624 valence electrons. The van der Waals surface area contributed by atoms with Crippen LogP contribution in [0.1, 0.15) is 223 Å². The minimum absolute atomic E-state index is 0.784. The molecule has 0 N–H and O–H groups in total. The van der Waals surface area contributed by atoms with Gasteiger partial charge in [-0.05, 0) is 170 Å². The number of rotatable bonds is 0. The van der Waals surface area contributed by atoms with Gasteiger partial charge < -0.3 is 8.83 Å². The van der Waals surface area contributed by atoms with Gasteiger partial charge in [0.05, 0.1) is 22.4 Å². The fourth-order valence-corrected chi connectivity index (χ4v) is 13.2. The third-order valence-electron chi connectivity index (χ3n) is 17.5. The van der Waals surface area contributed by atoms with Gasteiger partial charge in [-0.1, -0.05) is 372 Å². The average Bonchev–Trinajstić information content (AvgIpc) is 1.58. The molecule has 118 heavy (non-hydrogen) atoms. The van der Waals surface area contributed by atoms with E-state index in [1.165, 1.54) is 87.2 Å². The number of hydrogen-bond donors (Lipinski definition) is 0. The van der Waals surface area contributed by atoms with Gasteiger partial charge in [-0.3, -0.25) is 0 Å². The van der Waals surface area contributed by atoms with Gasteiger partial charge in [0.1, 0.15) is 45.5 Å². The van der Waals surface area contributed by atoms with Gasteiger partial charge in [0, 0.05) is 43.7 Å². The van der Waals surface area contributed by atoms with Gasteiger partial charge in [0.2, 0.25) is 0 Å². The van der Waals surface area contributed by atoms with Crippen LogP contribution in [-0.4, -0.2) is 39.9 Å². The van der Waals surface area contributed by atoms with Crippen molar-refractivity contribution >= 4 is 120 Å². The molecule has 10 heteroatoms. The highest BCUT2D eigenvalue weighted by Crippen LogP contribution is 2.47. The van der Waals surface area contributed by atoms with Crippen molar-refractivity contribution in [3.05, 3.63) is 288 Å². The molecule has 0 unspecified atom stereocenters. The molecular weight excluding hydrogens is 1440 g/mol. The predicted octanol–water partition coefficient (Wildman–Crippen LogP) is 34.2. The lowest BCUT2D eigenvalue weighted by Gasteiger charge is -2.06. The molecule has 10 nitrogen and oxygen atoms in total. The number of fused-ring (bicyclic) bond motifs is 18. The van der Waals surface area contributed by atoms with E-state index in [0.29, 0.717) is 0 Å². The van der Waals surface area contributed by atoms with Crippen molar-refractivity contribution < 1.29 is 8.83 Å². The zero-order valence-corrected chi connectivity index (χ0v) is 78.3. The molecule has 12 aromatic carbocycles. The lowest BCUT2D eigenvalue weighted by Crippen LogP contribution is -1.93. The normalized spacial score (nSPS) is 9.61. The van der Waals surface area contributed by atoms with Gasteiger partial charge in [0.15, 0.2) is 11.2 Å². The first-order chi connectivity index (χ1) is 57.7. The second-order valence-corrected chi connectivity index (χ2v) is 24.0. The maximum atomic E-state index is 5.71. The maximum absolute atomic E-state index is 5.71. The molecule has 18 aromatic rings. The molecule has 0 spiro atoms. The third-order valence-corrected chi connectivity index (χ3v) is 17.5. The molecule has 0 saturated heterocycles. The summed E-state index contributed by atoms with van der Waals surface area (Å²) in [6, 6.07) is 80.2. The Morgan fingerprint density at radius 3 is 0.890 bits per heavy atom. The first-order valence-corrected chi connectivity index (χ1v) is 43.7. The summed E-state index contributed by atoms with van der Waals surface area (Å²) in [5.74, 6) is 3.24. The predicted molar refractivity (Wildman–Crippen MR) is 526 cm³/mol. The molecule has 0 bridgehead atoms. The largest absolute Gasteiger partial charge is 0.452 e. The first kappa shape index (κ1) is 102. The zero-order chi connectivity index (χ0) is 88.7. The van der Waals surface area contributed by atoms with Crippen LogP contribution in [0, 0.1) is 69.2 Å². The first-order valence-electron chi connectivity index (χ1n) is 43.7. The Morgan fingerprint density at radius 1 is 0.186 bits per heavy atom. The van der Waals surface area contributed by atoms with Gasteiger partial charge in [-0.25, -0.2) is 39.9 Å². The van der Waals surface area contributed by atoms with Crippen LogP contribution in [-0.2, 0) is 0 Å². The quantitative estimate of drug-likeness (QED) is 0.135. The van der Waals surface area contributed by atoms with Crippen molar-refractivity contribution in [1.82, 2.24) is 39.9 Å². The fraction of sp³-hybridized carbons (Fsp3) is 0.315. The number of aryl methyl sites for hydroxylation is 10. The summed E-state index contributed by atoms with van der Waals surface area (Å²) < 4.78 is 11.4. The van der Waals surface area contributed by atoms with Crippen LogP contribution in [0.15, 0.2) is 239 Å². The summed E-state index contributed by atoms with van der Waals surface area (Å²) in [6.45, 7) is 68.0. The molecule has 0 atom stereocenters. The van der Waals surface area contributed by atoms with Gasteiger partial charge >= 0.3 is 0 Å². The zero-order valence-electron chi connectivity index (χ0n) is 78.3. The van der Waals surface area contributed by atoms with E-state index in [4.69, 9.17) is 8.83 Å². The molecule has 6 heterocycles. The molecule has 0 fully saturated rings. The summed E-state index contributed by atoms with van der Waals surface area (Å²) in [7, 11) is 0. The fourth-order valence-electron chi connectivity index (χ4n) is 13.2. The highest BCUT2D eigenvalue weighted by Gasteiger charge is 2.21. The number of aromatic nitrogens is 8. The molecule has 0 radical (unpaired) electrons. The standard InChI is InChI=1S/C17H12.C15H12.2C14H12N2.2C12H10N2O.12C2H6/c1-11-9-10-16-14-6-3-2-5-13(14)15-8-4-7-12(11)17(15)16;1-11-10-12-6-2-3-8-14(12)15-9-5-4-7-13(11)15;2*1-9-12-8-7-11-5-3-4-6-13(11)14(12)16-10(2)15-9;2*1-7-12-11(14-8(2)13-7)9-5-3-4-6-10(9)15-12;12*1-2/h2-10H,1H3;2-10H,1H3;2*3-8H,1-2H3;2*3-6H,1-2H3;12*1-2H3. The average molecular weight is 1580 g/mol. The van der Waals surface area contributed by atoms with E-state index in [1.807, 2.05) is 270 Å². The van der Waals surface area contributed by atoms with E-state index in [2.05, 4.69) is 236 Å². The molecule has 1 aliphatic rings. The molecule has 0 saturated carbocycles. The highest BCUT2D eigenvalue weighted by atomic mass is 16.3. The van der Waals surface area contributed by atoms with Crippen molar-refractivity contribution in [2.24, 2.45) is 0 Å². The number of furan rings is 2. The van der Waals surface area contributed by atoms with E-state index in [9.17, 15) is 0 Å². The van der Waals surface area contributed by atoms with Crippen molar-refractivity contribution in [1.29, 1.82) is 0 Å². The van der Waals surface area contributed by atoms with Gasteiger partial charge in [-0.15, -0.1) is 0 Å². The Bertz CT molecular complexity index is 5700. The molecule has 0 amide bonds. The summed E-state index contributed by atoms with van der Waals surface area (Å²) in [4.78, 5) is 35.3. The third kappa shape index (κ3) is 25.2. The molecule has 19 rings (SSSR count). The lowest BCUT2D eigenvalue weighted by atomic mass is 9.98. The Kier molecular flexibility index (Phi) is 47.8. The number of nitrogens with zero attached hydrogens (tertiary/aromatic N) is 8. The van der Waals surface area contributed by atoms with Crippen LogP contribution in [0.25, 0.3) is 142 Å². The minimum Gasteiger partial charge on any atom is -0.452 e. The topological polar surface area (TPSA) is 129 Å². The van der Waals surface area contributed by atoms with E-state index < -0.39 is 0 Å². The second-order valence-electron chi connectivity index (χ2n) is 24.0. The monoisotopic (exact) mass is 1580 g/mol. The second kappa shape index (κ2) is 55.1. The Labute approximate surface area is 709 Å². The van der Waals surface area contributed by atoms with Crippen LogP contribution in [0.4, 0.5) is 0 Å². The van der Waals surface area contributed by atoms with Crippen LogP contribution in [0.3, 0.4) is 0 Å². The van der Waals surface area contributed by atoms with Crippen LogP contribution in [0.2, 0.25) is 0 Å². The lowest BCUT2D eigenvalue weighted by molar-refractivity contribution is 0.660. The van der Waals surface area contributed by atoms with Crippen LogP contribution >= 0.6 is 0 Å². The van der Waals surface area contributed by atoms with Crippen molar-refractivity contribution in [3.8, 4) is 22.3 Å². The molecular formula is C108H140N8O2. The van der Waals surface area contributed by atoms with Gasteiger partial charge in [0.25, 0.3) is 0 Å². The van der Waals surface area contributed by atoms with Crippen molar-refractivity contribution in [3.63, 3.8) is 0 Å². The van der Waals surface area contributed by atoms with E-state index >= 15 is 0 Å². The maximum Gasteiger partial charge on any atom is 0.175 e. The minimum atomic E-state index is 0.784. The van der Waals surface area contributed by atoms with Gasteiger partial charge in [-0.2, -0.15) is 0 Å². The van der Waals surface area contributed by atoms with E-state index in [-0.39, 0.29) is 0 Å². The highest BCUT2D eigenvalue weighted by molar-refractivity contribution is 6.16. The Hall–Kier alpha value is -11.6. The van der Waals surface area contributed by atoms with Crippen LogP contribution in [0.5, 0.6) is 0 Å². The molecule has 0 aliphatic heterocycles. The van der Waals surface area contributed by atoms with E-state index in [1.54, 1.807) is 0 Å². The Balaban J connectivity index is 0.000000456. The number of para-hydroxylation sites is 2. The summed E-state index contributed by atoms with van der Waals surface area (Å²) in [6.07, 6.45) is 0. The number of benzene rings is 12. The SMILES string of the molecule is CC.CC.CC.CC.CC.CC.CC.CC.CC.CC.CC.CC.Cc1cc2ccccc2c2ccccc12.Cc1ccc2c3c(cccc13)-c1ccccc1-2.Cc1nc(C)c2ccc3ccccc3c2n1.Cc1nc(C)c2ccc3ccccc3c2n1.Cc1nc(C)c2oc3ccccc3c2n1.Cc1nc(C)c2oc3ccccc3c2n1. The van der Waals surface area contributed by atoms with E-state index in [0.717, 1.165) is 112 Å². The summed E-state index contributed by atoms with van der Waals surface area (Å²) in [5, 5.41) is 17.5. The van der Waals surface area contributed by atoms with Crippen molar-refractivity contribution in [2.45, 2.75) is 235 Å². The van der Waals surface area contributed by atoms with Crippen LogP contribution < -0.4 is 0 Å². The number of hydrogen-bond acceptors (Lipinski definition) is 10.